The lowest BCUT2D eigenvalue weighted by atomic mass is 10.1. The summed E-state index contributed by atoms with van der Waals surface area (Å²) in [6.45, 7) is 4.71. The number of Topliss-reactive ketones (excluding diaryl/α,β-unsaturated/α-hetero) is 1. The molecule has 18 heavy (non-hydrogen) atoms. The molecule has 0 N–H and O–H groups in total. The average Bonchev–Trinajstić information content (AvgIpc) is 2.42. The lowest BCUT2D eigenvalue weighted by molar-refractivity contribution is 0.102. The van der Waals surface area contributed by atoms with E-state index in [0.717, 1.165) is 12.2 Å². The Morgan fingerprint density at radius 1 is 1.28 bits per heavy atom. The Morgan fingerprint density at radius 3 is 2.67 bits per heavy atom. The number of ketones is 1. The second-order valence-corrected chi connectivity index (χ2v) is 5.05. The molecule has 3 nitrogen and oxygen atoms in total. The monoisotopic (exact) mass is 268 g/mol. The van der Waals surface area contributed by atoms with Crippen molar-refractivity contribution in [2.24, 2.45) is 0 Å². The van der Waals surface area contributed by atoms with E-state index in [9.17, 15) is 4.79 Å². The van der Waals surface area contributed by atoms with Gasteiger partial charge in [0.2, 0.25) is 0 Å². The summed E-state index contributed by atoms with van der Waals surface area (Å²) in [6, 6.07) is 5.35. The summed E-state index contributed by atoms with van der Waals surface area (Å²) in [7, 11) is 1.60. The van der Waals surface area contributed by atoms with Gasteiger partial charge in [0.15, 0.2) is 17.3 Å². The number of carbonyl (C=O) groups excluding carboxylic acids is 1. The van der Waals surface area contributed by atoms with Gasteiger partial charge in [-0.25, -0.2) is 0 Å². The predicted molar refractivity (Wildman–Crippen MR) is 76.1 cm³/mol. The minimum atomic E-state index is 0.130. The second kappa shape index (κ2) is 8.03. The van der Waals surface area contributed by atoms with Crippen molar-refractivity contribution in [3.8, 4) is 11.5 Å². The van der Waals surface area contributed by atoms with Crippen LogP contribution in [0.1, 0.15) is 30.6 Å². The number of thioether (sulfide) groups is 1. The van der Waals surface area contributed by atoms with Gasteiger partial charge in [-0.3, -0.25) is 4.79 Å². The molecule has 0 bridgehead atoms. The van der Waals surface area contributed by atoms with Gasteiger partial charge in [-0.2, -0.15) is 11.8 Å². The average molecular weight is 268 g/mol. The topological polar surface area (TPSA) is 35.5 Å². The number of hydrogen-bond donors (Lipinski definition) is 0. The molecule has 0 aliphatic heterocycles. The van der Waals surface area contributed by atoms with Crippen molar-refractivity contribution < 1.29 is 14.3 Å². The highest BCUT2D eigenvalue weighted by molar-refractivity contribution is 7.99. The molecule has 4 heteroatoms. The maximum Gasteiger partial charge on any atom is 0.172 e. The van der Waals surface area contributed by atoms with Gasteiger partial charge < -0.3 is 9.47 Å². The van der Waals surface area contributed by atoms with E-state index < -0.39 is 0 Å². The minimum Gasteiger partial charge on any atom is -0.493 e. The van der Waals surface area contributed by atoms with Crippen molar-refractivity contribution in [3.63, 3.8) is 0 Å². The third-order valence-electron chi connectivity index (χ3n) is 2.38. The summed E-state index contributed by atoms with van der Waals surface area (Å²) in [5.74, 6) is 2.90. The zero-order valence-corrected chi connectivity index (χ0v) is 12.0. The SMILES string of the molecule is CCCOc1cc(C(=O)CSCC)ccc1OC. The van der Waals surface area contributed by atoms with E-state index in [4.69, 9.17) is 9.47 Å². The Balaban J connectivity index is 2.84. The molecular weight excluding hydrogens is 248 g/mol. The lowest BCUT2D eigenvalue weighted by Gasteiger charge is -2.11. The molecule has 0 aliphatic rings. The summed E-state index contributed by atoms with van der Waals surface area (Å²) in [5, 5.41) is 0. The number of ether oxygens (including phenoxy) is 2. The van der Waals surface area contributed by atoms with Crippen LogP contribution in [0.3, 0.4) is 0 Å². The highest BCUT2D eigenvalue weighted by Crippen LogP contribution is 2.28. The van der Waals surface area contributed by atoms with Crippen LogP contribution in [0, 0.1) is 0 Å². The fourth-order valence-electron chi connectivity index (χ4n) is 1.45. The first-order valence-corrected chi connectivity index (χ1v) is 7.30. The van der Waals surface area contributed by atoms with Crippen molar-refractivity contribution in [1.82, 2.24) is 0 Å². The van der Waals surface area contributed by atoms with Gasteiger partial charge in [-0.15, -0.1) is 0 Å². The summed E-state index contributed by atoms with van der Waals surface area (Å²) >= 11 is 1.62. The van der Waals surface area contributed by atoms with Crippen LogP contribution < -0.4 is 9.47 Å². The van der Waals surface area contributed by atoms with Gasteiger partial charge in [-0.05, 0) is 30.4 Å². The molecule has 0 aliphatic carbocycles. The molecule has 0 fully saturated rings. The van der Waals surface area contributed by atoms with E-state index in [1.54, 1.807) is 37.1 Å². The number of rotatable bonds is 8. The molecule has 1 rings (SSSR count). The Morgan fingerprint density at radius 2 is 2.06 bits per heavy atom. The Labute approximate surface area is 113 Å². The maximum absolute atomic E-state index is 11.9. The van der Waals surface area contributed by atoms with Crippen LogP contribution in [-0.2, 0) is 0 Å². The van der Waals surface area contributed by atoms with Crippen molar-refractivity contribution in [2.75, 3.05) is 25.2 Å². The van der Waals surface area contributed by atoms with E-state index in [0.29, 0.717) is 29.4 Å². The van der Waals surface area contributed by atoms with Crippen molar-refractivity contribution >= 4 is 17.5 Å². The maximum atomic E-state index is 11.9. The minimum absolute atomic E-state index is 0.130. The van der Waals surface area contributed by atoms with Gasteiger partial charge in [0, 0.05) is 5.56 Å². The molecule has 1 aromatic rings. The molecule has 0 atom stereocenters. The summed E-state index contributed by atoms with van der Waals surface area (Å²) < 4.78 is 10.8. The molecule has 0 spiro atoms. The molecule has 0 saturated heterocycles. The van der Waals surface area contributed by atoms with Gasteiger partial charge in [-0.1, -0.05) is 13.8 Å². The van der Waals surface area contributed by atoms with E-state index in [-0.39, 0.29) is 5.78 Å². The van der Waals surface area contributed by atoms with Crippen LogP contribution in [-0.4, -0.2) is 31.0 Å². The summed E-state index contributed by atoms with van der Waals surface area (Å²) in [5.41, 5.74) is 0.683. The fourth-order valence-corrected chi connectivity index (χ4v) is 2.01. The van der Waals surface area contributed by atoms with E-state index in [2.05, 4.69) is 0 Å². The number of methoxy groups -OCH3 is 1. The second-order valence-electron chi connectivity index (χ2n) is 3.77. The summed E-state index contributed by atoms with van der Waals surface area (Å²) in [6.07, 6.45) is 0.924. The number of benzene rings is 1. The van der Waals surface area contributed by atoms with Crippen molar-refractivity contribution in [1.29, 1.82) is 0 Å². The van der Waals surface area contributed by atoms with Gasteiger partial charge in [0.1, 0.15) is 0 Å². The quantitative estimate of drug-likeness (QED) is 0.677. The first-order chi connectivity index (χ1) is 8.72. The van der Waals surface area contributed by atoms with Crippen LogP contribution in [0.25, 0.3) is 0 Å². The fraction of sp³-hybridized carbons (Fsp3) is 0.500. The largest absolute Gasteiger partial charge is 0.493 e. The van der Waals surface area contributed by atoms with E-state index in [1.807, 2.05) is 13.8 Å². The molecule has 1 aromatic carbocycles. The highest BCUT2D eigenvalue weighted by atomic mass is 32.2. The molecule has 0 unspecified atom stereocenters. The Hall–Kier alpha value is -1.16. The highest BCUT2D eigenvalue weighted by Gasteiger charge is 2.11. The van der Waals surface area contributed by atoms with Crippen molar-refractivity contribution in [3.05, 3.63) is 23.8 Å². The third-order valence-corrected chi connectivity index (χ3v) is 3.26. The zero-order valence-electron chi connectivity index (χ0n) is 11.2. The third kappa shape index (κ3) is 4.26. The van der Waals surface area contributed by atoms with E-state index in [1.165, 1.54) is 0 Å². The molecule has 0 radical (unpaired) electrons. The molecular formula is C14H20O3S. The smallest absolute Gasteiger partial charge is 0.172 e. The van der Waals surface area contributed by atoms with Crippen LogP contribution >= 0.6 is 11.8 Å². The first kappa shape index (κ1) is 14.9. The molecule has 0 saturated carbocycles. The molecule has 0 heterocycles. The first-order valence-electron chi connectivity index (χ1n) is 6.14. The van der Waals surface area contributed by atoms with Crippen LogP contribution in [0.2, 0.25) is 0 Å². The van der Waals surface area contributed by atoms with Crippen molar-refractivity contribution in [2.45, 2.75) is 20.3 Å². The van der Waals surface area contributed by atoms with Gasteiger partial charge >= 0.3 is 0 Å². The zero-order chi connectivity index (χ0) is 13.4. The Bertz CT molecular complexity index is 391. The van der Waals surface area contributed by atoms with Crippen LogP contribution in [0.4, 0.5) is 0 Å². The normalized spacial score (nSPS) is 10.2. The molecule has 100 valence electrons. The lowest BCUT2D eigenvalue weighted by Crippen LogP contribution is -2.05. The number of carbonyl (C=O) groups is 1. The Kier molecular flexibility index (Phi) is 6.65. The molecule has 0 aromatic heterocycles. The summed E-state index contributed by atoms with van der Waals surface area (Å²) in [4.78, 5) is 11.9. The van der Waals surface area contributed by atoms with Gasteiger partial charge in [0.25, 0.3) is 0 Å². The van der Waals surface area contributed by atoms with Crippen LogP contribution in [0.5, 0.6) is 11.5 Å². The molecule has 0 amide bonds. The van der Waals surface area contributed by atoms with Gasteiger partial charge in [0.05, 0.1) is 19.5 Å². The number of hydrogen-bond acceptors (Lipinski definition) is 4. The van der Waals surface area contributed by atoms with Crippen LogP contribution in [0.15, 0.2) is 18.2 Å². The standard InChI is InChI=1S/C14H20O3S/c1-4-8-17-14-9-11(6-7-13(14)16-3)12(15)10-18-5-2/h6-7,9H,4-5,8,10H2,1-3H3. The predicted octanol–water partition coefficient (Wildman–Crippen LogP) is 3.42. The van der Waals surface area contributed by atoms with E-state index >= 15 is 0 Å².